The number of amides is 1. The lowest BCUT2D eigenvalue weighted by Gasteiger charge is -2.13. The van der Waals surface area contributed by atoms with Gasteiger partial charge in [0, 0.05) is 17.4 Å². The van der Waals surface area contributed by atoms with Gasteiger partial charge in [-0.05, 0) is 53.4 Å². The molecule has 0 radical (unpaired) electrons. The van der Waals surface area contributed by atoms with E-state index in [4.69, 9.17) is 4.74 Å². The Labute approximate surface area is 225 Å². The highest BCUT2D eigenvalue weighted by Gasteiger charge is 2.20. The van der Waals surface area contributed by atoms with Crippen molar-refractivity contribution >= 4 is 17.4 Å². The molecule has 3 aromatic carbocycles. The summed E-state index contributed by atoms with van der Waals surface area (Å²) in [7, 11) is 0. The Morgan fingerprint density at radius 2 is 1.74 bits per heavy atom. The number of pyridine rings is 1. The number of ether oxygens (including phenoxy) is 1. The number of aromatic nitrogens is 1. The van der Waals surface area contributed by atoms with Gasteiger partial charge in [0.1, 0.15) is 23.2 Å². The Kier molecular flexibility index (Phi) is 8.32. The molecule has 39 heavy (non-hydrogen) atoms. The third kappa shape index (κ3) is 6.65. The number of halogens is 1. The number of benzene rings is 3. The van der Waals surface area contributed by atoms with E-state index >= 15 is 0 Å². The summed E-state index contributed by atoms with van der Waals surface area (Å²) in [5, 5.41) is 12.2. The predicted molar refractivity (Wildman–Crippen MR) is 145 cm³/mol. The lowest BCUT2D eigenvalue weighted by molar-refractivity contribution is -0.118. The molecule has 0 aliphatic carbocycles. The maximum atomic E-state index is 14.2. The standard InChI is InChI=1S/C31H26FN3O4/c1-20(2)22-8-11-26(12-9-22)34-29(36)19-39-28-13-10-25(32)15-27(28)30(37)24-14-23(16-33)31(38)35(18-24)17-21-6-4-3-5-7-21/h3-15,18,20H,17,19H2,1-2H3,(H,34,36). The van der Waals surface area contributed by atoms with E-state index in [1.54, 1.807) is 12.1 Å². The molecule has 0 aliphatic rings. The molecule has 8 heteroatoms. The van der Waals surface area contributed by atoms with E-state index in [0.29, 0.717) is 11.6 Å². The zero-order chi connectivity index (χ0) is 27.9. The van der Waals surface area contributed by atoms with Crippen LogP contribution < -0.4 is 15.6 Å². The van der Waals surface area contributed by atoms with Gasteiger partial charge in [-0.25, -0.2) is 4.39 Å². The summed E-state index contributed by atoms with van der Waals surface area (Å²) in [6.07, 6.45) is 1.33. The predicted octanol–water partition coefficient (Wildman–Crippen LogP) is 5.28. The number of nitrogens with zero attached hydrogens (tertiary/aromatic N) is 2. The maximum Gasteiger partial charge on any atom is 0.268 e. The molecule has 0 unspecified atom stereocenters. The smallest absolute Gasteiger partial charge is 0.268 e. The summed E-state index contributed by atoms with van der Waals surface area (Å²) in [5.41, 5.74) is 1.62. The number of anilines is 1. The first kappa shape index (κ1) is 27.0. The Morgan fingerprint density at radius 1 is 1.03 bits per heavy atom. The van der Waals surface area contributed by atoms with Crippen LogP contribution in [0.4, 0.5) is 10.1 Å². The van der Waals surface area contributed by atoms with Gasteiger partial charge in [-0.3, -0.25) is 14.4 Å². The number of rotatable bonds is 9. The van der Waals surface area contributed by atoms with Gasteiger partial charge in [-0.1, -0.05) is 56.3 Å². The van der Waals surface area contributed by atoms with Gasteiger partial charge in [0.2, 0.25) is 0 Å². The van der Waals surface area contributed by atoms with E-state index in [0.717, 1.165) is 23.3 Å². The largest absolute Gasteiger partial charge is 0.483 e. The molecule has 1 N–H and O–H groups in total. The van der Waals surface area contributed by atoms with Crippen molar-refractivity contribution in [3.8, 4) is 11.8 Å². The van der Waals surface area contributed by atoms with Crippen molar-refractivity contribution in [1.29, 1.82) is 5.26 Å². The molecule has 4 rings (SSSR count). The Hall–Kier alpha value is -5.03. The molecule has 0 spiro atoms. The van der Waals surface area contributed by atoms with E-state index in [1.807, 2.05) is 48.5 Å². The number of ketones is 1. The molecule has 0 aliphatic heterocycles. The van der Waals surface area contributed by atoms with Crippen LogP contribution in [0.15, 0.2) is 89.9 Å². The Balaban J connectivity index is 1.56. The van der Waals surface area contributed by atoms with Gasteiger partial charge >= 0.3 is 0 Å². The minimum Gasteiger partial charge on any atom is -0.483 e. The molecule has 196 valence electrons. The fraction of sp³-hybridized carbons (Fsp3) is 0.161. The fourth-order valence-corrected chi connectivity index (χ4v) is 3.99. The van der Waals surface area contributed by atoms with Crippen LogP contribution in [0.25, 0.3) is 0 Å². The number of carbonyl (C=O) groups is 2. The van der Waals surface area contributed by atoms with Crippen LogP contribution in [0.3, 0.4) is 0 Å². The third-order valence-corrected chi connectivity index (χ3v) is 6.07. The van der Waals surface area contributed by atoms with Gasteiger partial charge in [0.25, 0.3) is 11.5 Å². The summed E-state index contributed by atoms with van der Waals surface area (Å²) in [6.45, 7) is 3.86. The van der Waals surface area contributed by atoms with Crippen LogP contribution in [0, 0.1) is 17.1 Å². The van der Waals surface area contributed by atoms with Crippen molar-refractivity contribution in [2.75, 3.05) is 11.9 Å². The van der Waals surface area contributed by atoms with Crippen LogP contribution in [0.2, 0.25) is 0 Å². The topological polar surface area (TPSA) is 101 Å². The summed E-state index contributed by atoms with van der Waals surface area (Å²) < 4.78 is 21.0. The number of nitrogens with one attached hydrogen (secondary N) is 1. The molecule has 0 saturated heterocycles. The number of hydrogen-bond acceptors (Lipinski definition) is 5. The molecule has 0 saturated carbocycles. The van der Waals surface area contributed by atoms with Gasteiger partial charge in [0.05, 0.1) is 12.1 Å². The van der Waals surface area contributed by atoms with Gasteiger partial charge in [0.15, 0.2) is 12.4 Å². The van der Waals surface area contributed by atoms with Crippen molar-refractivity contribution in [3.05, 3.63) is 129 Å². The van der Waals surface area contributed by atoms with Crippen molar-refractivity contribution in [1.82, 2.24) is 4.57 Å². The molecule has 0 fully saturated rings. The lowest BCUT2D eigenvalue weighted by Crippen LogP contribution is -2.25. The van der Waals surface area contributed by atoms with Crippen molar-refractivity contribution in [3.63, 3.8) is 0 Å². The molecule has 7 nitrogen and oxygen atoms in total. The van der Waals surface area contributed by atoms with Crippen molar-refractivity contribution in [2.24, 2.45) is 0 Å². The van der Waals surface area contributed by atoms with Gasteiger partial charge in [-0.2, -0.15) is 5.26 Å². The SMILES string of the molecule is CC(C)c1ccc(NC(=O)COc2ccc(F)cc2C(=O)c2cc(C#N)c(=O)n(Cc3ccccc3)c2)cc1. The Morgan fingerprint density at radius 3 is 2.41 bits per heavy atom. The molecule has 0 atom stereocenters. The van der Waals surface area contributed by atoms with Crippen molar-refractivity contribution < 1.29 is 18.7 Å². The highest BCUT2D eigenvalue weighted by molar-refractivity contribution is 6.10. The van der Waals surface area contributed by atoms with E-state index < -0.39 is 29.7 Å². The Bertz CT molecular complexity index is 1600. The quantitative estimate of drug-likeness (QED) is 0.301. The first-order valence-electron chi connectivity index (χ1n) is 12.3. The second-order valence-corrected chi connectivity index (χ2v) is 9.26. The number of hydrogen-bond donors (Lipinski definition) is 1. The number of nitriles is 1. The van der Waals surface area contributed by atoms with E-state index in [1.165, 1.54) is 22.9 Å². The zero-order valence-corrected chi connectivity index (χ0v) is 21.5. The molecule has 1 amide bonds. The van der Waals surface area contributed by atoms with Crippen LogP contribution in [0.1, 0.15) is 52.4 Å². The molecule has 4 aromatic rings. The van der Waals surface area contributed by atoms with Crippen LogP contribution in [-0.2, 0) is 11.3 Å². The zero-order valence-electron chi connectivity index (χ0n) is 21.5. The molecular weight excluding hydrogens is 497 g/mol. The fourth-order valence-electron chi connectivity index (χ4n) is 3.99. The minimum atomic E-state index is -0.682. The van der Waals surface area contributed by atoms with Crippen LogP contribution >= 0.6 is 0 Å². The molecule has 1 aromatic heterocycles. The lowest BCUT2D eigenvalue weighted by atomic mass is 10.0. The summed E-state index contributed by atoms with van der Waals surface area (Å²) >= 11 is 0. The first-order chi connectivity index (χ1) is 18.7. The molecular formula is C31H26FN3O4. The maximum absolute atomic E-state index is 14.2. The molecule has 1 heterocycles. The third-order valence-electron chi connectivity index (χ3n) is 6.07. The van der Waals surface area contributed by atoms with Crippen molar-refractivity contribution in [2.45, 2.75) is 26.3 Å². The van der Waals surface area contributed by atoms with E-state index in [9.17, 15) is 24.0 Å². The monoisotopic (exact) mass is 523 g/mol. The van der Waals surface area contributed by atoms with Gasteiger partial charge < -0.3 is 14.6 Å². The summed E-state index contributed by atoms with van der Waals surface area (Å²) in [5.74, 6) is -1.45. The second kappa shape index (κ2) is 12.0. The average molecular weight is 524 g/mol. The second-order valence-electron chi connectivity index (χ2n) is 9.26. The normalized spacial score (nSPS) is 10.6. The first-order valence-corrected chi connectivity index (χ1v) is 12.3. The summed E-state index contributed by atoms with van der Waals surface area (Å²) in [4.78, 5) is 38.7. The summed E-state index contributed by atoms with van der Waals surface area (Å²) in [6, 6.07) is 22.9. The van der Waals surface area contributed by atoms with Crippen LogP contribution in [0.5, 0.6) is 5.75 Å². The van der Waals surface area contributed by atoms with Gasteiger partial charge in [-0.15, -0.1) is 0 Å². The highest BCUT2D eigenvalue weighted by atomic mass is 19.1. The van der Waals surface area contributed by atoms with E-state index in [2.05, 4.69) is 19.2 Å². The number of carbonyl (C=O) groups excluding carboxylic acids is 2. The minimum absolute atomic E-state index is 0.00669. The molecule has 0 bridgehead atoms. The highest BCUT2D eigenvalue weighted by Crippen LogP contribution is 2.24. The van der Waals surface area contributed by atoms with E-state index in [-0.39, 0.29) is 29.0 Å². The average Bonchev–Trinajstić information content (AvgIpc) is 2.94. The van der Waals surface area contributed by atoms with Crippen LogP contribution in [-0.4, -0.2) is 22.9 Å².